The van der Waals surface area contributed by atoms with Gasteiger partial charge < -0.3 is 14.7 Å². The molecule has 0 unspecified atom stereocenters. The van der Waals surface area contributed by atoms with Crippen LogP contribution in [0.1, 0.15) is 31.4 Å². The van der Waals surface area contributed by atoms with E-state index in [1.165, 1.54) is 17.5 Å². The van der Waals surface area contributed by atoms with E-state index < -0.39 is 6.10 Å². The van der Waals surface area contributed by atoms with Crippen LogP contribution in [0.25, 0.3) is 0 Å². The number of hydrogen-bond donors (Lipinski definition) is 1. The molecule has 1 aliphatic rings. The average Bonchev–Trinajstić information content (AvgIpc) is 2.34. The van der Waals surface area contributed by atoms with Gasteiger partial charge in [-0.25, -0.2) is 0 Å². The summed E-state index contributed by atoms with van der Waals surface area (Å²) in [6.45, 7) is 12.0. The molecule has 1 saturated heterocycles. The third-order valence-electron chi connectivity index (χ3n) is 4.05. The van der Waals surface area contributed by atoms with Crippen molar-refractivity contribution < 1.29 is 9.84 Å². The maximum atomic E-state index is 10.2. The number of ether oxygens (including phenoxy) is 1. The molecule has 0 spiro atoms. The molecule has 0 amide bonds. The third kappa shape index (κ3) is 5.33. The molecule has 1 aromatic rings. The number of aliphatic hydroxyl groups is 1. The van der Waals surface area contributed by atoms with Crippen LogP contribution < -0.4 is 4.74 Å². The van der Waals surface area contributed by atoms with E-state index in [-0.39, 0.29) is 0 Å². The predicted molar refractivity (Wildman–Crippen MR) is 86.8 cm³/mol. The molecule has 1 fully saturated rings. The molecule has 2 rings (SSSR count). The minimum atomic E-state index is -0.427. The zero-order chi connectivity index (χ0) is 15.4. The van der Waals surface area contributed by atoms with Gasteiger partial charge in [0.15, 0.2) is 0 Å². The molecule has 118 valence electrons. The van der Waals surface area contributed by atoms with E-state index >= 15 is 0 Å². The molecule has 3 nitrogen and oxygen atoms in total. The second-order valence-electron chi connectivity index (χ2n) is 6.95. The first-order valence-electron chi connectivity index (χ1n) is 8.04. The Labute approximate surface area is 128 Å². The molecule has 3 heteroatoms. The van der Waals surface area contributed by atoms with Gasteiger partial charge in [0.05, 0.1) is 0 Å². The normalized spacial score (nSPS) is 24.8. The fourth-order valence-corrected chi connectivity index (χ4v) is 3.50. The van der Waals surface area contributed by atoms with Gasteiger partial charge in [0.25, 0.3) is 0 Å². The second kappa shape index (κ2) is 7.28. The van der Waals surface area contributed by atoms with E-state index in [9.17, 15) is 5.11 Å². The van der Waals surface area contributed by atoms with E-state index in [2.05, 4.69) is 38.7 Å². The van der Waals surface area contributed by atoms with Crippen molar-refractivity contribution in [2.75, 3.05) is 26.2 Å². The number of aryl methyl sites for hydroxylation is 2. The summed E-state index contributed by atoms with van der Waals surface area (Å²) < 4.78 is 5.75. The highest BCUT2D eigenvalue weighted by Gasteiger charge is 2.23. The Bertz CT molecular complexity index is 430. The van der Waals surface area contributed by atoms with Gasteiger partial charge >= 0.3 is 0 Å². The predicted octanol–water partition coefficient (Wildman–Crippen LogP) is 3.02. The lowest BCUT2D eigenvalue weighted by Crippen LogP contribution is -2.44. The van der Waals surface area contributed by atoms with Gasteiger partial charge in [-0.05, 0) is 55.4 Å². The van der Waals surface area contributed by atoms with Crippen molar-refractivity contribution in [1.82, 2.24) is 4.90 Å². The highest BCUT2D eigenvalue weighted by Crippen LogP contribution is 2.21. The van der Waals surface area contributed by atoms with Crippen LogP contribution in [0.15, 0.2) is 18.2 Å². The van der Waals surface area contributed by atoms with Crippen LogP contribution >= 0.6 is 0 Å². The summed E-state index contributed by atoms with van der Waals surface area (Å²) in [5.41, 5.74) is 2.39. The fourth-order valence-electron chi connectivity index (χ4n) is 3.50. The van der Waals surface area contributed by atoms with Crippen LogP contribution in [0.3, 0.4) is 0 Å². The van der Waals surface area contributed by atoms with Crippen molar-refractivity contribution in [1.29, 1.82) is 0 Å². The van der Waals surface area contributed by atoms with E-state index in [0.717, 1.165) is 30.7 Å². The lowest BCUT2D eigenvalue weighted by atomic mass is 9.92. The molecule has 3 atom stereocenters. The number of rotatable bonds is 5. The Kier molecular flexibility index (Phi) is 5.65. The quantitative estimate of drug-likeness (QED) is 0.905. The highest BCUT2D eigenvalue weighted by molar-refractivity contribution is 5.32. The van der Waals surface area contributed by atoms with Crippen LogP contribution in [0, 0.1) is 25.7 Å². The first-order valence-corrected chi connectivity index (χ1v) is 8.04. The van der Waals surface area contributed by atoms with Gasteiger partial charge in [0.1, 0.15) is 18.5 Å². The van der Waals surface area contributed by atoms with Crippen LogP contribution in [0.4, 0.5) is 0 Å². The molecule has 1 aliphatic heterocycles. The maximum absolute atomic E-state index is 10.2. The first kappa shape index (κ1) is 16.3. The fraction of sp³-hybridized carbons (Fsp3) is 0.667. The molecule has 0 radical (unpaired) electrons. The molecule has 0 aromatic heterocycles. The number of β-amino-alcohol motifs (C(OH)–C–C–N with tert-alkyl or cyclic N) is 1. The number of benzene rings is 1. The summed E-state index contributed by atoms with van der Waals surface area (Å²) in [5, 5.41) is 10.2. The smallest absolute Gasteiger partial charge is 0.119 e. The number of hydrogen-bond acceptors (Lipinski definition) is 3. The number of nitrogens with zero attached hydrogens (tertiary/aromatic N) is 1. The topological polar surface area (TPSA) is 32.7 Å². The Morgan fingerprint density at radius 2 is 1.71 bits per heavy atom. The third-order valence-corrected chi connectivity index (χ3v) is 4.05. The summed E-state index contributed by atoms with van der Waals surface area (Å²) in [4.78, 5) is 2.37. The van der Waals surface area contributed by atoms with Gasteiger partial charge in [-0.2, -0.15) is 0 Å². The maximum Gasteiger partial charge on any atom is 0.119 e. The number of aliphatic hydroxyl groups excluding tert-OH is 1. The standard InChI is InChI=1S/C18H29NO2/c1-13-5-14(2)8-18(7-13)21-12-17(20)11-19-9-15(3)6-16(4)10-19/h5,7-8,15-17,20H,6,9-12H2,1-4H3/t15-,16-,17-/m1/s1. The van der Waals surface area contributed by atoms with Gasteiger partial charge in [0.2, 0.25) is 0 Å². The minimum Gasteiger partial charge on any atom is -0.491 e. The number of likely N-dealkylation sites (tertiary alicyclic amines) is 1. The molecular formula is C18H29NO2. The Balaban J connectivity index is 1.80. The Morgan fingerprint density at radius 1 is 1.14 bits per heavy atom. The molecule has 21 heavy (non-hydrogen) atoms. The molecule has 1 aromatic carbocycles. The highest BCUT2D eigenvalue weighted by atomic mass is 16.5. The van der Waals surface area contributed by atoms with Gasteiger partial charge in [-0.3, -0.25) is 0 Å². The average molecular weight is 291 g/mol. The Morgan fingerprint density at radius 3 is 2.29 bits per heavy atom. The lowest BCUT2D eigenvalue weighted by molar-refractivity contribution is 0.0428. The SMILES string of the molecule is Cc1cc(C)cc(OC[C@H](O)CN2C[C@H](C)C[C@@H](C)C2)c1. The first-order chi connectivity index (χ1) is 9.92. The van der Waals surface area contributed by atoms with Crippen LogP contribution in [0.2, 0.25) is 0 Å². The van der Waals surface area contributed by atoms with E-state index in [1.54, 1.807) is 0 Å². The number of piperidine rings is 1. The van der Waals surface area contributed by atoms with E-state index in [4.69, 9.17) is 4.74 Å². The summed E-state index contributed by atoms with van der Waals surface area (Å²) in [6, 6.07) is 6.16. The summed E-state index contributed by atoms with van der Waals surface area (Å²) in [7, 11) is 0. The van der Waals surface area contributed by atoms with Crippen molar-refractivity contribution in [3.63, 3.8) is 0 Å². The minimum absolute atomic E-state index is 0.363. The molecule has 0 bridgehead atoms. The van der Waals surface area contributed by atoms with Crippen molar-refractivity contribution in [3.8, 4) is 5.75 Å². The summed E-state index contributed by atoms with van der Waals surface area (Å²) in [6.07, 6.45) is 0.870. The van der Waals surface area contributed by atoms with Crippen LogP contribution in [-0.4, -0.2) is 42.4 Å². The van der Waals surface area contributed by atoms with Gasteiger partial charge in [-0.15, -0.1) is 0 Å². The zero-order valence-corrected chi connectivity index (χ0v) is 13.8. The monoisotopic (exact) mass is 291 g/mol. The van der Waals surface area contributed by atoms with E-state index in [0.29, 0.717) is 13.2 Å². The van der Waals surface area contributed by atoms with E-state index in [1.807, 2.05) is 12.1 Å². The Hall–Kier alpha value is -1.06. The molecule has 1 N–H and O–H groups in total. The van der Waals surface area contributed by atoms with Gasteiger partial charge in [-0.1, -0.05) is 19.9 Å². The summed E-state index contributed by atoms with van der Waals surface area (Å²) in [5.74, 6) is 2.30. The van der Waals surface area contributed by atoms with Crippen molar-refractivity contribution >= 4 is 0 Å². The second-order valence-corrected chi connectivity index (χ2v) is 6.95. The molecule has 1 heterocycles. The zero-order valence-electron chi connectivity index (χ0n) is 13.8. The van der Waals surface area contributed by atoms with Crippen LogP contribution in [0.5, 0.6) is 5.75 Å². The van der Waals surface area contributed by atoms with Crippen molar-refractivity contribution in [3.05, 3.63) is 29.3 Å². The van der Waals surface area contributed by atoms with Crippen molar-refractivity contribution in [2.45, 2.75) is 40.2 Å². The summed E-state index contributed by atoms with van der Waals surface area (Å²) >= 11 is 0. The van der Waals surface area contributed by atoms with Crippen molar-refractivity contribution in [2.24, 2.45) is 11.8 Å². The largest absolute Gasteiger partial charge is 0.491 e. The van der Waals surface area contributed by atoms with Gasteiger partial charge in [0, 0.05) is 19.6 Å². The molecule has 0 saturated carbocycles. The molecule has 0 aliphatic carbocycles. The van der Waals surface area contributed by atoms with Crippen LogP contribution in [-0.2, 0) is 0 Å². The lowest BCUT2D eigenvalue weighted by Gasteiger charge is -2.35. The molecular weight excluding hydrogens is 262 g/mol.